The van der Waals surface area contributed by atoms with E-state index in [0.29, 0.717) is 18.5 Å². The summed E-state index contributed by atoms with van der Waals surface area (Å²) in [6, 6.07) is 7.58. The monoisotopic (exact) mass is 275 g/mol. The van der Waals surface area contributed by atoms with Crippen LogP contribution in [0.2, 0.25) is 0 Å². The van der Waals surface area contributed by atoms with Crippen molar-refractivity contribution in [1.29, 1.82) is 0 Å². The Kier molecular flexibility index (Phi) is 3.59. The predicted octanol–water partition coefficient (Wildman–Crippen LogP) is 3.18. The van der Waals surface area contributed by atoms with E-state index in [1.165, 1.54) is 5.56 Å². The van der Waals surface area contributed by atoms with Crippen molar-refractivity contribution >= 4 is 17.6 Å². The van der Waals surface area contributed by atoms with Crippen LogP contribution in [0, 0.1) is 5.41 Å². The van der Waals surface area contributed by atoms with Crippen molar-refractivity contribution in [3.05, 3.63) is 29.8 Å². The maximum atomic E-state index is 12.1. The van der Waals surface area contributed by atoms with Crippen LogP contribution >= 0.6 is 0 Å². The summed E-state index contributed by atoms with van der Waals surface area (Å²) >= 11 is 0. The van der Waals surface area contributed by atoms with E-state index in [0.717, 1.165) is 6.42 Å². The average Bonchev–Trinajstić information content (AvgIpc) is 2.26. The number of nitrogens with one attached hydrogen (secondary N) is 1. The van der Waals surface area contributed by atoms with Gasteiger partial charge in [0.1, 0.15) is 5.41 Å². The molecule has 2 rings (SSSR count). The number of carbonyl (C=O) groups is 2. The van der Waals surface area contributed by atoms with Crippen LogP contribution in [-0.2, 0) is 15.0 Å². The molecule has 0 aromatic heterocycles. The van der Waals surface area contributed by atoms with Gasteiger partial charge >= 0.3 is 5.97 Å². The third-order valence-corrected chi connectivity index (χ3v) is 4.06. The van der Waals surface area contributed by atoms with Crippen LogP contribution in [0.15, 0.2) is 24.3 Å². The molecule has 0 spiro atoms. The lowest BCUT2D eigenvalue weighted by Gasteiger charge is -2.35. The Bertz CT molecular complexity index is 522. The van der Waals surface area contributed by atoms with Crippen LogP contribution in [0.25, 0.3) is 0 Å². The summed E-state index contributed by atoms with van der Waals surface area (Å²) in [6.07, 6.45) is 1.64. The molecule has 1 saturated carbocycles. The summed E-state index contributed by atoms with van der Waals surface area (Å²) in [6.45, 7) is 6.36. The number of carbonyl (C=O) groups excluding carboxylic acids is 1. The van der Waals surface area contributed by atoms with Gasteiger partial charge in [-0.2, -0.15) is 0 Å². The Hall–Kier alpha value is -1.84. The molecule has 1 amide bonds. The summed E-state index contributed by atoms with van der Waals surface area (Å²) in [7, 11) is 0. The Balaban J connectivity index is 2.11. The highest BCUT2D eigenvalue weighted by Gasteiger charge is 2.51. The molecule has 4 heteroatoms. The van der Waals surface area contributed by atoms with Gasteiger partial charge in [-0.3, -0.25) is 9.59 Å². The number of anilines is 1. The summed E-state index contributed by atoms with van der Waals surface area (Å²) in [5, 5.41) is 11.9. The Morgan fingerprint density at radius 3 is 2.05 bits per heavy atom. The fraction of sp³-hybridized carbons (Fsp3) is 0.500. The molecule has 1 aliphatic rings. The van der Waals surface area contributed by atoms with Crippen molar-refractivity contribution in [1.82, 2.24) is 0 Å². The molecule has 0 aliphatic heterocycles. The molecule has 0 bridgehead atoms. The molecule has 2 N–H and O–H groups in total. The van der Waals surface area contributed by atoms with E-state index >= 15 is 0 Å². The molecule has 4 nitrogen and oxygen atoms in total. The molecule has 0 atom stereocenters. The second kappa shape index (κ2) is 4.93. The van der Waals surface area contributed by atoms with Crippen LogP contribution in [0.3, 0.4) is 0 Å². The van der Waals surface area contributed by atoms with Gasteiger partial charge in [0.05, 0.1) is 0 Å². The molecule has 0 unspecified atom stereocenters. The number of aliphatic carboxylic acids is 1. The van der Waals surface area contributed by atoms with Crippen molar-refractivity contribution < 1.29 is 14.7 Å². The quantitative estimate of drug-likeness (QED) is 0.833. The topological polar surface area (TPSA) is 66.4 Å². The van der Waals surface area contributed by atoms with Crippen molar-refractivity contribution in [3.63, 3.8) is 0 Å². The fourth-order valence-electron chi connectivity index (χ4n) is 2.37. The molecule has 0 saturated heterocycles. The first-order valence-electron chi connectivity index (χ1n) is 6.91. The van der Waals surface area contributed by atoms with Crippen LogP contribution in [0.5, 0.6) is 0 Å². The predicted molar refractivity (Wildman–Crippen MR) is 77.7 cm³/mol. The van der Waals surface area contributed by atoms with E-state index in [1.807, 2.05) is 24.3 Å². The molecule has 1 aromatic rings. The van der Waals surface area contributed by atoms with Gasteiger partial charge in [-0.15, -0.1) is 0 Å². The average molecular weight is 275 g/mol. The van der Waals surface area contributed by atoms with Crippen molar-refractivity contribution in [3.8, 4) is 0 Å². The van der Waals surface area contributed by atoms with E-state index in [2.05, 4.69) is 26.1 Å². The van der Waals surface area contributed by atoms with E-state index < -0.39 is 17.3 Å². The standard InChI is InChI=1S/C16H21NO3/c1-15(2,3)11-5-7-12(8-6-11)17-13(18)16(14(19)20)9-4-10-16/h5-8H,4,9-10H2,1-3H3,(H,17,18)(H,19,20). The lowest BCUT2D eigenvalue weighted by molar-refractivity contribution is -0.159. The molecule has 1 fully saturated rings. The number of rotatable bonds is 3. The molecule has 1 aliphatic carbocycles. The highest BCUT2D eigenvalue weighted by Crippen LogP contribution is 2.42. The van der Waals surface area contributed by atoms with E-state index in [4.69, 9.17) is 0 Å². The summed E-state index contributed by atoms with van der Waals surface area (Å²) in [4.78, 5) is 23.4. The largest absolute Gasteiger partial charge is 0.480 e. The zero-order valence-electron chi connectivity index (χ0n) is 12.2. The second-order valence-corrected chi connectivity index (χ2v) is 6.52. The smallest absolute Gasteiger partial charge is 0.319 e. The molecule has 0 heterocycles. The van der Waals surface area contributed by atoms with Gasteiger partial charge in [-0.25, -0.2) is 0 Å². The number of benzene rings is 1. The third-order valence-electron chi connectivity index (χ3n) is 4.06. The van der Waals surface area contributed by atoms with Gasteiger partial charge < -0.3 is 10.4 Å². The Morgan fingerprint density at radius 2 is 1.70 bits per heavy atom. The highest BCUT2D eigenvalue weighted by molar-refractivity contribution is 6.09. The Morgan fingerprint density at radius 1 is 1.15 bits per heavy atom. The first kappa shape index (κ1) is 14.6. The first-order valence-corrected chi connectivity index (χ1v) is 6.91. The zero-order valence-corrected chi connectivity index (χ0v) is 12.2. The lowest BCUT2D eigenvalue weighted by atomic mass is 9.68. The maximum absolute atomic E-state index is 12.1. The highest BCUT2D eigenvalue weighted by atomic mass is 16.4. The number of hydrogen-bond acceptors (Lipinski definition) is 2. The second-order valence-electron chi connectivity index (χ2n) is 6.52. The minimum absolute atomic E-state index is 0.0544. The maximum Gasteiger partial charge on any atom is 0.319 e. The van der Waals surface area contributed by atoms with Crippen LogP contribution in [0.1, 0.15) is 45.6 Å². The van der Waals surface area contributed by atoms with Crippen molar-refractivity contribution in [2.24, 2.45) is 5.41 Å². The molecular formula is C16H21NO3. The Labute approximate surface area is 119 Å². The van der Waals surface area contributed by atoms with E-state index in [-0.39, 0.29) is 5.41 Å². The lowest BCUT2D eigenvalue weighted by Crippen LogP contribution is -2.48. The molecule has 1 aromatic carbocycles. The molecule has 108 valence electrons. The minimum atomic E-state index is -1.22. The van der Waals surface area contributed by atoms with Crippen LogP contribution in [-0.4, -0.2) is 17.0 Å². The number of amides is 1. The van der Waals surface area contributed by atoms with Gasteiger partial charge in [-0.05, 0) is 36.0 Å². The number of carboxylic acid groups (broad SMARTS) is 1. The van der Waals surface area contributed by atoms with Gasteiger partial charge in [0.15, 0.2) is 0 Å². The van der Waals surface area contributed by atoms with E-state index in [1.54, 1.807) is 0 Å². The van der Waals surface area contributed by atoms with Gasteiger partial charge in [0.2, 0.25) is 5.91 Å². The van der Waals surface area contributed by atoms with Gasteiger partial charge in [-0.1, -0.05) is 39.3 Å². The molecule has 20 heavy (non-hydrogen) atoms. The van der Waals surface area contributed by atoms with Gasteiger partial charge in [0.25, 0.3) is 0 Å². The molecular weight excluding hydrogens is 254 g/mol. The van der Waals surface area contributed by atoms with Gasteiger partial charge in [0, 0.05) is 5.69 Å². The third kappa shape index (κ3) is 2.55. The van der Waals surface area contributed by atoms with Crippen molar-refractivity contribution in [2.75, 3.05) is 5.32 Å². The normalized spacial score (nSPS) is 17.1. The molecule has 0 radical (unpaired) electrons. The first-order chi connectivity index (χ1) is 9.25. The number of hydrogen-bond donors (Lipinski definition) is 2. The summed E-state index contributed by atoms with van der Waals surface area (Å²) < 4.78 is 0. The minimum Gasteiger partial charge on any atom is -0.480 e. The fourth-order valence-corrected chi connectivity index (χ4v) is 2.37. The van der Waals surface area contributed by atoms with E-state index in [9.17, 15) is 14.7 Å². The number of carboxylic acids is 1. The zero-order chi connectivity index (χ0) is 15.0. The van der Waals surface area contributed by atoms with Crippen LogP contribution < -0.4 is 5.32 Å². The summed E-state index contributed by atoms with van der Waals surface area (Å²) in [5.41, 5.74) is 0.657. The summed E-state index contributed by atoms with van der Waals surface area (Å²) in [5.74, 6) is -1.42. The van der Waals surface area contributed by atoms with Crippen molar-refractivity contribution in [2.45, 2.75) is 45.4 Å². The SMILES string of the molecule is CC(C)(C)c1ccc(NC(=O)C2(C(=O)O)CCC2)cc1. The van der Waals surface area contributed by atoms with Crippen LogP contribution in [0.4, 0.5) is 5.69 Å².